The Balaban J connectivity index is 1.65. The molecule has 3 aromatic carbocycles. The maximum Gasteiger partial charge on any atom is 0.157 e. The SMILES string of the molecule is c1ccc(N/N=C(\Sc2nc3ccccc3s2)c2ccccc2)cc1. The Hall–Kier alpha value is -2.63. The first-order valence-electron chi connectivity index (χ1n) is 7.86. The average Bonchev–Trinajstić information content (AvgIpc) is 3.09. The molecule has 0 fully saturated rings. The van der Waals surface area contributed by atoms with E-state index in [1.807, 2.05) is 66.7 Å². The predicted octanol–water partition coefficient (Wildman–Crippen LogP) is 5.86. The summed E-state index contributed by atoms with van der Waals surface area (Å²) in [4.78, 5) is 4.71. The molecule has 5 heteroatoms. The van der Waals surface area contributed by atoms with E-state index in [0.29, 0.717) is 0 Å². The van der Waals surface area contributed by atoms with Crippen LogP contribution in [-0.2, 0) is 0 Å². The van der Waals surface area contributed by atoms with E-state index in [0.717, 1.165) is 26.2 Å². The van der Waals surface area contributed by atoms with Crippen LogP contribution in [0.4, 0.5) is 5.69 Å². The fourth-order valence-corrected chi connectivity index (χ4v) is 4.36. The minimum atomic E-state index is 0.892. The van der Waals surface area contributed by atoms with Crippen molar-refractivity contribution < 1.29 is 0 Å². The third-order valence-corrected chi connectivity index (χ3v) is 5.66. The van der Waals surface area contributed by atoms with Gasteiger partial charge in [-0.05, 0) is 36.0 Å². The summed E-state index contributed by atoms with van der Waals surface area (Å²) in [7, 11) is 0. The van der Waals surface area contributed by atoms with Gasteiger partial charge < -0.3 is 0 Å². The highest BCUT2D eigenvalue weighted by atomic mass is 32.2. The number of benzene rings is 3. The molecule has 4 rings (SSSR count). The van der Waals surface area contributed by atoms with Crippen LogP contribution in [0.25, 0.3) is 10.2 Å². The summed E-state index contributed by atoms with van der Waals surface area (Å²) in [5.41, 5.74) is 6.19. The number of nitrogens with one attached hydrogen (secondary N) is 1. The number of nitrogens with zero attached hydrogens (tertiary/aromatic N) is 2. The number of anilines is 1. The lowest BCUT2D eigenvalue weighted by Gasteiger charge is -2.06. The number of hydrogen-bond acceptors (Lipinski definition) is 5. The molecule has 4 aromatic rings. The summed E-state index contributed by atoms with van der Waals surface area (Å²) in [5, 5.41) is 5.52. The highest BCUT2D eigenvalue weighted by Gasteiger charge is 2.11. The number of hydrogen-bond donors (Lipinski definition) is 1. The standard InChI is InChI=1S/C20H15N3S2/c1-3-9-15(10-4-1)19(23-22-16-11-5-2-6-12-16)25-20-21-17-13-7-8-14-18(17)24-20/h1-14,22H/b23-19-. The first-order chi connectivity index (χ1) is 12.4. The zero-order chi connectivity index (χ0) is 16.9. The lowest BCUT2D eigenvalue weighted by molar-refractivity contribution is 1.31. The van der Waals surface area contributed by atoms with Crippen molar-refractivity contribution in [3.05, 3.63) is 90.5 Å². The number of thioether (sulfide) groups is 1. The van der Waals surface area contributed by atoms with Crippen molar-refractivity contribution in [3.63, 3.8) is 0 Å². The van der Waals surface area contributed by atoms with Gasteiger partial charge in [-0.25, -0.2) is 4.98 Å². The van der Waals surface area contributed by atoms with Crippen LogP contribution in [0.3, 0.4) is 0 Å². The fraction of sp³-hybridized carbons (Fsp3) is 0. The number of fused-ring (bicyclic) bond motifs is 1. The number of para-hydroxylation sites is 2. The average molecular weight is 361 g/mol. The highest BCUT2D eigenvalue weighted by molar-refractivity contribution is 8.15. The van der Waals surface area contributed by atoms with Gasteiger partial charge in [0.1, 0.15) is 5.04 Å². The third kappa shape index (κ3) is 3.90. The van der Waals surface area contributed by atoms with Crippen LogP contribution in [-0.4, -0.2) is 10.0 Å². The smallest absolute Gasteiger partial charge is 0.157 e. The van der Waals surface area contributed by atoms with Crippen LogP contribution >= 0.6 is 23.1 Å². The Morgan fingerprint density at radius 3 is 2.28 bits per heavy atom. The topological polar surface area (TPSA) is 37.3 Å². The van der Waals surface area contributed by atoms with E-state index in [1.54, 1.807) is 23.1 Å². The largest absolute Gasteiger partial charge is 0.277 e. The Kier molecular flexibility index (Phi) is 4.77. The molecule has 0 aliphatic heterocycles. The van der Waals surface area contributed by atoms with Crippen LogP contribution in [0.1, 0.15) is 5.56 Å². The number of rotatable bonds is 4. The molecule has 0 atom stereocenters. The molecule has 0 radical (unpaired) electrons. The Bertz CT molecular complexity index is 962. The van der Waals surface area contributed by atoms with Crippen molar-refractivity contribution in [2.45, 2.75) is 4.34 Å². The maximum absolute atomic E-state index is 4.71. The molecule has 0 aliphatic carbocycles. The van der Waals surface area contributed by atoms with Crippen LogP contribution in [0.2, 0.25) is 0 Å². The number of aromatic nitrogens is 1. The van der Waals surface area contributed by atoms with Gasteiger partial charge in [0.15, 0.2) is 4.34 Å². The highest BCUT2D eigenvalue weighted by Crippen LogP contribution is 2.32. The van der Waals surface area contributed by atoms with Crippen molar-refractivity contribution in [1.82, 2.24) is 4.98 Å². The van der Waals surface area contributed by atoms with Gasteiger partial charge in [0.2, 0.25) is 0 Å². The lowest BCUT2D eigenvalue weighted by Crippen LogP contribution is -2.00. The Labute approximate surface area is 154 Å². The quantitative estimate of drug-likeness (QED) is 0.214. The molecule has 0 saturated heterocycles. The minimum absolute atomic E-state index is 0.892. The molecule has 0 unspecified atom stereocenters. The van der Waals surface area contributed by atoms with Crippen molar-refractivity contribution in [3.8, 4) is 0 Å². The van der Waals surface area contributed by atoms with Gasteiger partial charge in [-0.2, -0.15) is 5.10 Å². The molecule has 25 heavy (non-hydrogen) atoms. The van der Waals surface area contributed by atoms with Gasteiger partial charge in [-0.3, -0.25) is 5.43 Å². The number of thiazole rings is 1. The Morgan fingerprint density at radius 1 is 0.840 bits per heavy atom. The molecule has 0 spiro atoms. The molecular formula is C20H15N3S2. The van der Waals surface area contributed by atoms with Gasteiger partial charge in [0.25, 0.3) is 0 Å². The molecule has 1 heterocycles. The van der Waals surface area contributed by atoms with E-state index < -0.39 is 0 Å². The number of hydrazone groups is 1. The van der Waals surface area contributed by atoms with Gasteiger partial charge in [-0.15, -0.1) is 11.3 Å². The lowest BCUT2D eigenvalue weighted by atomic mass is 10.2. The zero-order valence-electron chi connectivity index (χ0n) is 13.3. The van der Waals surface area contributed by atoms with E-state index >= 15 is 0 Å². The first-order valence-corrected chi connectivity index (χ1v) is 9.49. The molecule has 0 saturated carbocycles. The summed E-state index contributed by atoms with van der Waals surface area (Å²) >= 11 is 3.27. The molecule has 1 aromatic heterocycles. The molecule has 0 bridgehead atoms. The van der Waals surface area contributed by atoms with Crippen molar-refractivity contribution in [2.24, 2.45) is 5.10 Å². The van der Waals surface area contributed by atoms with E-state index in [-0.39, 0.29) is 0 Å². The van der Waals surface area contributed by atoms with Gasteiger partial charge in [0, 0.05) is 5.56 Å². The van der Waals surface area contributed by atoms with E-state index in [2.05, 4.69) is 28.7 Å². The second-order valence-corrected chi connectivity index (χ2v) is 7.58. The second kappa shape index (κ2) is 7.51. The van der Waals surface area contributed by atoms with E-state index in [9.17, 15) is 0 Å². The molecular weight excluding hydrogens is 346 g/mol. The third-order valence-electron chi connectivity index (χ3n) is 3.54. The molecule has 0 aliphatic rings. The van der Waals surface area contributed by atoms with Crippen molar-refractivity contribution in [2.75, 3.05) is 5.43 Å². The summed E-state index contributed by atoms with van der Waals surface area (Å²) in [6, 6.07) is 28.3. The summed E-state index contributed by atoms with van der Waals surface area (Å²) in [5.74, 6) is 0. The van der Waals surface area contributed by atoms with Crippen LogP contribution in [0.5, 0.6) is 0 Å². The van der Waals surface area contributed by atoms with Gasteiger partial charge in [-0.1, -0.05) is 60.7 Å². The predicted molar refractivity (Wildman–Crippen MR) is 109 cm³/mol. The summed E-state index contributed by atoms with van der Waals surface area (Å²) in [6.45, 7) is 0. The van der Waals surface area contributed by atoms with E-state index in [4.69, 9.17) is 4.98 Å². The minimum Gasteiger partial charge on any atom is -0.277 e. The molecule has 122 valence electrons. The molecule has 0 amide bonds. The summed E-state index contributed by atoms with van der Waals surface area (Å²) in [6.07, 6.45) is 0. The van der Waals surface area contributed by atoms with Crippen molar-refractivity contribution in [1.29, 1.82) is 0 Å². The van der Waals surface area contributed by atoms with Crippen LogP contribution in [0.15, 0.2) is 94.4 Å². The Morgan fingerprint density at radius 2 is 1.52 bits per heavy atom. The van der Waals surface area contributed by atoms with Crippen LogP contribution < -0.4 is 5.43 Å². The zero-order valence-corrected chi connectivity index (χ0v) is 14.9. The monoisotopic (exact) mass is 361 g/mol. The van der Waals surface area contributed by atoms with E-state index in [1.165, 1.54) is 4.70 Å². The maximum atomic E-state index is 4.71. The van der Waals surface area contributed by atoms with Gasteiger partial charge in [0.05, 0.1) is 15.9 Å². The molecule has 3 nitrogen and oxygen atoms in total. The van der Waals surface area contributed by atoms with Gasteiger partial charge >= 0.3 is 0 Å². The first kappa shape index (κ1) is 15.9. The van der Waals surface area contributed by atoms with Crippen molar-refractivity contribution >= 4 is 44.0 Å². The fourth-order valence-electron chi connectivity index (χ4n) is 2.33. The van der Waals surface area contributed by atoms with Crippen LogP contribution in [0, 0.1) is 0 Å². The second-order valence-electron chi connectivity index (χ2n) is 5.31. The summed E-state index contributed by atoms with van der Waals surface area (Å²) < 4.78 is 2.17. The molecule has 1 N–H and O–H groups in total. The normalized spacial score (nSPS) is 11.6.